The molecule has 0 saturated carbocycles. The van der Waals surface area contributed by atoms with E-state index in [0.717, 1.165) is 24.0 Å². The Balaban J connectivity index is 1.21. The van der Waals surface area contributed by atoms with Gasteiger partial charge in [-0.05, 0) is 98.0 Å². The van der Waals surface area contributed by atoms with Crippen LogP contribution in [0.1, 0.15) is 71.2 Å². The van der Waals surface area contributed by atoms with E-state index in [1.807, 2.05) is 0 Å². The number of amidine groups is 1. The van der Waals surface area contributed by atoms with Crippen molar-refractivity contribution >= 4 is 23.8 Å². The standard InChI is InChI=1S/C44H34N2/c1-27(28-24-25-32-29-14-5-9-19-35(29)43(2,3)40(32)26-28)46-42(45-4)34-18-13-23-39-41(34)33-17-8-12-22-38(33)44(39)36-20-10-6-15-30(36)31-16-7-11-21-37(31)44/h5-11,13-21,23-26H,1,4,12,22H2,2-3H3. The summed E-state index contributed by atoms with van der Waals surface area (Å²) in [6.45, 7) is 13.1. The van der Waals surface area contributed by atoms with Gasteiger partial charge in [0, 0.05) is 11.0 Å². The number of hydrogen-bond donors (Lipinski definition) is 0. The maximum absolute atomic E-state index is 5.12. The Labute approximate surface area is 270 Å². The molecular weight excluding hydrogens is 556 g/mol. The van der Waals surface area contributed by atoms with Crippen LogP contribution in [-0.4, -0.2) is 12.6 Å². The normalized spacial score (nSPS) is 17.2. The summed E-state index contributed by atoms with van der Waals surface area (Å²) in [5.41, 5.74) is 18.2. The molecule has 5 aromatic carbocycles. The van der Waals surface area contributed by atoms with E-state index in [4.69, 9.17) is 4.99 Å². The van der Waals surface area contributed by atoms with Gasteiger partial charge in [0.15, 0.2) is 5.84 Å². The number of benzene rings is 5. The molecule has 0 N–H and O–H groups in total. The number of fused-ring (bicyclic) bond motifs is 12. The number of allylic oxidation sites excluding steroid dienone is 4. The average Bonchev–Trinajstić information content (AvgIpc) is 3.66. The molecule has 9 rings (SSSR count). The molecule has 0 aliphatic heterocycles. The first-order valence-corrected chi connectivity index (χ1v) is 16.2. The van der Waals surface area contributed by atoms with Crippen LogP contribution in [0.5, 0.6) is 0 Å². The molecule has 220 valence electrons. The van der Waals surface area contributed by atoms with Crippen LogP contribution in [-0.2, 0) is 10.8 Å². The third kappa shape index (κ3) is 3.36. The Bertz CT molecular complexity index is 2230. The van der Waals surface area contributed by atoms with Crippen molar-refractivity contribution in [3.8, 4) is 22.3 Å². The van der Waals surface area contributed by atoms with Crippen molar-refractivity contribution in [2.75, 3.05) is 0 Å². The summed E-state index contributed by atoms with van der Waals surface area (Å²) in [4.78, 5) is 9.69. The van der Waals surface area contributed by atoms with Gasteiger partial charge in [0.25, 0.3) is 0 Å². The Morgan fingerprint density at radius 2 is 1.28 bits per heavy atom. The van der Waals surface area contributed by atoms with Crippen LogP contribution in [0.3, 0.4) is 0 Å². The lowest BCUT2D eigenvalue weighted by atomic mass is 9.68. The van der Waals surface area contributed by atoms with Crippen LogP contribution in [0.25, 0.3) is 33.5 Å². The molecule has 5 aromatic rings. The molecule has 0 aromatic heterocycles. The molecule has 0 fully saturated rings. The second-order valence-corrected chi connectivity index (χ2v) is 13.4. The van der Waals surface area contributed by atoms with Crippen LogP contribution in [0.4, 0.5) is 0 Å². The predicted molar refractivity (Wildman–Crippen MR) is 193 cm³/mol. The van der Waals surface area contributed by atoms with Gasteiger partial charge >= 0.3 is 0 Å². The van der Waals surface area contributed by atoms with Gasteiger partial charge in [-0.3, -0.25) is 0 Å². The molecule has 2 heteroatoms. The molecule has 0 saturated heterocycles. The molecule has 0 unspecified atom stereocenters. The first kappa shape index (κ1) is 27.0. The number of rotatable bonds is 3. The quantitative estimate of drug-likeness (QED) is 0.148. The van der Waals surface area contributed by atoms with Gasteiger partial charge in [0.2, 0.25) is 0 Å². The molecular formula is C44H34N2. The lowest BCUT2D eigenvalue weighted by Crippen LogP contribution is -2.28. The number of nitrogens with zero attached hydrogens (tertiary/aromatic N) is 2. The van der Waals surface area contributed by atoms with Crippen LogP contribution >= 0.6 is 0 Å². The van der Waals surface area contributed by atoms with Crippen LogP contribution in [0.2, 0.25) is 0 Å². The molecule has 1 spiro atoms. The monoisotopic (exact) mass is 590 g/mol. The third-order valence-electron chi connectivity index (χ3n) is 10.9. The topological polar surface area (TPSA) is 24.7 Å². The Kier molecular flexibility index (Phi) is 5.63. The maximum Gasteiger partial charge on any atom is 0.159 e. The maximum atomic E-state index is 5.12. The summed E-state index contributed by atoms with van der Waals surface area (Å²) in [7, 11) is 0. The highest BCUT2D eigenvalue weighted by atomic mass is 14.9. The van der Waals surface area contributed by atoms with Gasteiger partial charge in [0.05, 0.1) is 11.1 Å². The molecule has 0 heterocycles. The lowest BCUT2D eigenvalue weighted by molar-refractivity contribution is 0.660. The van der Waals surface area contributed by atoms with E-state index in [2.05, 4.69) is 153 Å². The minimum atomic E-state index is -0.331. The minimum absolute atomic E-state index is 0.0932. The molecule has 4 aliphatic rings. The average molecular weight is 591 g/mol. The lowest BCUT2D eigenvalue weighted by Gasteiger charge is -2.33. The van der Waals surface area contributed by atoms with E-state index in [0.29, 0.717) is 11.5 Å². The van der Waals surface area contributed by atoms with Crippen molar-refractivity contribution in [2.45, 2.75) is 37.5 Å². The van der Waals surface area contributed by atoms with Crippen molar-refractivity contribution in [3.05, 3.63) is 178 Å². The number of hydrogen-bond acceptors (Lipinski definition) is 1. The Morgan fingerprint density at radius 3 is 1.98 bits per heavy atom. The largest absolute Gasteiger partial charge is 0.245 e. The molecule has 0 bridgehead atoms. The van der Waals surface area contributed by atoms with E-state index in [9.17, 15) is 0 Å². The fourth-order valence-corrected chi connectivity index (χ4v) is 8.90. The molecule has 4 aliphatic carbocycles. The zero-order chi connectivity index (χ0) is 31.2. The van der Waals surface area contributed by atoms with Crippen molar-refractivity contribution < 1.29 is 0 Å². The van der Waals surface area contributed by atoms with Crippen molar-refractivity contribution in [1.82, 2.24) is 0 Å². The predicted octanol–water partition coefficient (Wildman–Crippen LogP) is 10.5. The highest BCUT2D eigenvalue weighted by Gasteiger charge is 2.53. The van der Waals surface area contributed by atoms with E-state index < -0.39 is 0 Å². The zero-order valence-corrected chi connectivity index (χ0v) is 26.3. The van der Waals surface area contributed by atoms with Crippen molar-refractivity contribution in [1.29, 1.82) is 0 Å². The van der Waals surface area contributed by atoms with E-state index in [-0.39, 0.29) is 10.8 Å². The van der Waals surface area contributed by atoms with E-state index in [1.54, 1.807) is 0 Å². The van der Waals surface area contributed by atoms with Gasteiger partial charge in [-0.25, -0.2) is 9.98 Å². The van der Waals surface area contributed by atoms with Gasteiger partial charge in [-0.1, -0.05) is 136 Å². The molecule has 2 nitrogen and oxygen atoms in total. The first-order valence-electron chi connectivity index (χ1n) is 16.2. The Hall–Kier alpha value is -5.34. The third-order valence-corrected chi connectivity index (χ3v) is 10.9. The first-order chi connectivity index (χ1) is 22.5. The minimum Gasteiger partial charge on any atom is -0.245 e. The van der Waals surface area contributed by atoms with Crippen molar-refractivity contribution in [3.63, 3.8) is 0 Å². The molecule has 0 radical (unpaired) electrons. The van der Waals surface area contributed by atoms with Crippen LogP contribution in [0, 0.1) is 0 Å². The second-order valence-electron chi connectivity index (χ2n) is 13.4. The summed E-state index contributed by atoms with van der Waals surface area (Å²) in [6.07, 6.45) is 6.68. The van der Waals surface area contributed by atoms with Crippen molar-refractivity contribution in [2.24, 2.45) is 9.98 Å². The van der Waals surface area contributed by atoms with Crippen LogP contribution in [0.15, 0.2) is 143 Å². The molecule has 0 amide bonds. The summed E-state index contributed by atoms with van der Waals surface area (Å²) in [5.74, 6) is 0.604. The fourth-order valence-electron chi connectivity index (χ4n) is 8.90. The second kappa shape index (κ2) is 9.58. The highest BCUT2D eigenvalue weighted by molar-refractivity contribution is 6.11. The van der Waals surface area contributed by atoms with E-state index in [1.165, 1.54) is 66.8 Å². The zero-order valence-electron chi connectivity index (χ0n) is 26.3. The molecule has 0 atom stereocenters. The summed E-state index contributed by atoms with van der Waals surface area (Å²) >= 11 is 0. The summed E-state index contributed by atoms with van der Waals surface area (Å²) < 4.78 is 0. The molecule has 46 heavy (non-hydrogen) atoms. The van der Waals surface area contributed by atoms with Crippen LogP contribution < -0.4 is 0 Å². The fraction of sp³-hybridized carbons (Fsp3) is 0.136. The highest BCUT2D eigenvalue weighted by Crippen LogP contribution is 2.64. The van der Waals surface area contributed by atoms with Gasteiger partial charge in [-0.2, -0.15) is 0 Å². The smallest absolute Gasteiger partial charge is 0.159 e. The Morgan fingerprint density at radius 1 is 0.674 bits per heavy atom. The van der Waals surface area contributed by atoms with Gasteiger partial charge in [0.1, 0.15) is 0 Å². The van der Waals surface area contributed by atoms with E-state index >= 15 is 0 Å². The van der Waals surface area contributed by atoms with Gasteiger partial charge in [-0.15, -0.1) is 0 Å². The van der Waals surface area contributed by atoms with Gasteiger partial charge < -0.3 is 0 Å². The SMILES string of the molecule is C=NC(=NC(=C)c1ccc2c(c1)C(C)(C)c1ccccc1-2)c1cccc2c1C1=C(CCC=C1)C21c2ccccc2-c2ccccc21. The number of aliphatic imine (C=N–C) groups is 2. The summed E-state index contributed by atoms with van der Waals surface area (Å²) in [6, 6.07) is 39.9. The summed E-state index contributed by atoms with van der Waals surface area (Å²) in [5, 5.41) is 0.